The molecule has 1 aromatic rings. The van der Waals surface area contributed by atoms with Gasteiger partial charge in [0.2, 0.25) is 0 Å². The number of benzene rings is 1. The minimum absolute atomic E-state index is 0.0454. The summed E-state index contributed by atoms with van der Waals surface area (Å²) in [7, 11) is 0. The monoisotopic (exact) mass is 342 g/mol. The number of halogens is 2. The van der Waals surface area contributed by atoms with Crippen molar-refractivity contribution >= 4 is 29.5 Å². The van der Waals surface area contributed by atoms with Crippen molar-refractivity contribution in [3.63, 3.8) is 0 Å². The smallest absolute Gasteiger partial charge is 0.137 e. The molecule has 2 N–H and O–H groups in total. The molecule has 2 atom stereocenters. The summed E-state index contributed by atoms with van der Waals surface area (Å²) in [6.45, 7) is 4.51. The third-order valence-electron chi connectivity index (χ3n) is 4.67. The van der Waals surface area contributed by atoms with Crippen LogP contribution >= 0.6 is 23.2 Å². The molecule has 0 saturated carbocycles. The Morgan fingerprint density at radius 2 is 2.00 bits per heavy atom. The second-order valence-corrected chi connectivity index (χ2v) is 7.09. The molecule has 1 aliphatic heterocycles. The van der Waals surface area contributed by atoms with Crippen molar-refractivity contribution in [2.45, 2.75) is 32.2 Å². The molecule has 0 spiro atoms. The van der Waals surface area contributed by atoms with Gasteiger partial charge in [0.1, 0.15) is 6.29 Å². The van der Waals surface area contributed by atoms with Crippen LogP contribution in [-0.4, -0.2) is 36.9 Å². The molecule has 3 nitrogen and oxygen atoms in total. The fraction of sp³-hybridized carbons (Fsp3) is 0.588. The van der Waals surface area contributed by atoms with Crippen LogP contribution in [0.1, 0.15) is 25.3 Å². The summed E-state index contributed by atoms with van der Waals surface area (Å²) < 4.78 is 0. The number of likely N-dealkylation sites (tertiary alicyclic amines) is 1. The predicted molar refractivity (Wildman–Crippen MR) is 92.5 cm³/mol. The first-order valence-corrected chi connectivity index (χ1v) is 8.64. The molecule has 1 saturated heterocycles. The van der Waals surface area contributed by atoms with E-state index in [1.165, 1.54) is 5.56 Å². The van der Waals surface area contributed by atoms with Gasteiger partial charge >= 0.3 is 0 Å². The van der Waals surface area contributed by atoms with Crippen LogP contribution in [0.2, 0.25) is 10.0 Å². The maximum Gasteiger partial charge on any atom is 0.137 e. The molecule has 0 amide bonds. The standard InChI is InChI=1S/C17H24Cl2N2O/c1-12(10-20)17(11-22)21-6-4-13(5-7-21)8-14-2-3-15(18)16(19)9-14/h2-3,9,11-13,17H,4-8,10,20H2,1H3. The zero-order valence-corrected chi connectivity index (χ0v) is 14.5. The van der Waals surface area contributed by atoms with Gasteiger partial charge in [-0.05, 0) is 68.4 Å². The first-order chi connectivity index (χ1) is 10.5. The molecule has 122 valence electrons. The van der Waals surface area contributed by atoms with E-state index in [1.54, 1.807) is 0 Å². The minimum Gasteiger partial charge on any atom is -0.330 e. The molecule has 5 heteroatoms. The van der Waals surface area contributed by atoms with Crippen LogP contribution in [0.5, 0.6) is 0 Å². The van der Waals surface area contributed by atoms with Crippen LogP contribution in [0.4, 0.5) is 0 Å². The molecule has 0 bridgehead atoms. The molecule has 2 rings (SSSR count). The van der Waals surface area contributed by atoms with Gasteiger partial charge in [0.15, 0.2) is 0 Å². The molecule has 1 aromatic carbocycles. The number of nitrogens with two attached hydrogens (primary N) is 1. The summed E-state index contributed by atoms with van der Waals surface area (Å²) in [5.74, 6) is 0.845. The molecule has 1 heterocycles. The van der Waals surface area contributed by atoms with E-state index in [4.69, 9.17) is 28.9 Å². The maximum absolute atomic E-state index is 11.3. The third kappa shape index (κ3) is 4.45. The summed E-state index contributed by atoms with van der Waals surface area (Å²) >= 11 is 12.0. The number of piperidine rings is 1. The van der Waals surface area contributed by atoms with Crippen molar-refractivity contribution in [2.24, 2.45) is 17.6 Å². The number of rotatable bonds is 6. The van der Waals surface area contributed by atoms with Crippen molar-refractivity contribution < 1.29 is 4.79 Å². The van der Waals surface area contributed by atoms with E-state index in [0.29, 0.717) is 22.5 Å². The average molecular weight is 343 g/mol. The number of hydrogen-bond donors (Lipinski definition) is 1. The maximum atomic E-state index is 11.3. The molecular formula is C17H24Cl2N2O. The lowest BCUT2D eigenvalue weighted by molar-refractivity contribution is -0.114. The summed E-state index contributed by atoms with van der Waals surface area (Å²) in [4.78, 5) is 13.6. The number of nitrogens with zero attached hydrogens (tertiary/aromatic N) is 1. The Labute approximate surface area is 142 Å². The predicted octanol–water partition coefficient (Wildman–Crippen LogP) is 3.41. The fourth-order valence-electron chi connectivity index (χ4n) is 3.17. The van der Waals surface area contributed by atoms with Gasteiger partial charge in [-0.15, -0.1) is 0 Å². The fourth-order valence-corrected chi connectivity index (χ4v) is 3.50. The highest BCUT2D eigenvalue weighted by molar-refractivity contribution is 6.42. The molecule has 0 aliphatic carbocycles. The van der Waals surface area contributed by atoms with E-state index < -0.39 is 0 Å². The zero-order chi connectivity index (χ0) is 16.1. The number of hydrogen-bond acceptors (Lipinski definition) is 3. The van der Waals surface area contributed by atoms with Crippen LogP contribution in [0.3, 0.4) is 0 Å². The minimum atomic E-state index is -0.0454. The number of aldehydes is 1. The largest absolute Gasteiger partial charge is 0.330 e. The van der Waals surface area contributed by atoms with E-state index in [0.717, 1.165) is 38.6 Å². The van der Waals surface area contributed by atoms with E-state index in [1.807, 2.05) is 25.1 Å². The first kappa shape index (κ1) is 17.7. The molecule has 2 unspecified atom stereocenters. The van der Waals surface area contributed by atoms with Crippen LogP contribution in [-0.2, 0) is 11.2 Å². The number of carbonyl (C=O) groups is 1. The molecule has 0 aromatic heterocycles. The molecule has 22 heavy (non-hydrogen) atoms. The Balaban J connectivity index is 1.89. The van der Waals surface area contributed by atoms with Gasteiger partial charge in [-0.2, -0.15) is 0 Å². The van der Waals surface area contributed by atoms with E-state index in [9.17, 15) is 4.79 Å². The lowest BCUT2D eigenvalue weighted by Crippen LogP contribution is -2.47. The lowest BCUT2D eigenvalue weighted by Gasteiger charge is -2.37. The van der Waals surface area contributed by atoms with E-state index in [-0.39, 0.29) is 12.0 Å². The quantitative estimate of drug-likeness (QED) is 0.805. The first-order valence-electron chi connectivity index (χ1n) is 7.88. The van der Waals surface area contributed by atoms with Gasteiger partial charge in [0.05, 0.1) is 16.1 Å². The van der Waals surface area contributed by atoms with Crippen LogP contribution in [0, 0.1) is 11.8 Å². The van der Waals surface area contributed by atoms with Gasteiger partial charge in [0.25, 0.3) is 0 Å². The SMILES string of the molecule is CC(CN)C(C=O)N1CCC(Cc2ccc(Cl)c(Cl)c2)CC1. The lowest BCUT2D eigenvalue weighted by atomic mass is 9.88. The second kappa shape index (κ2) is 8.30. The Hall–Kier alpha value is -0.610. The summed E-state index contributed by atoms with van der Waals surface area (Å²) in [6, 6.07) is 5.82. The van der Waals surface area contributed by atoms with Gasteiger partial charge in [-0.1, -0.05) is 36.2 Å². The van der Waals surface area contributed by atoms with E-state index in [2.05, 4.69) is 4.90 Å². The van der Waals surface area contributed by atoms with Gasteiger partial charge < -0.3 is 10.5 Å². The van der Waals surface area contributed by atoms with Gasteiger partial charge in [0, 0.05) is 0 Å². The molecule has 1 fully saturated rings. The van der Waals surface area contributed by atoms with Crippen LogP contribution in [0.25, 0.3) is 0 Å². The molecular weight excluding hydrogens is 319 g/mol. The van der Waals surface area contributed by atoms with E-state index >= 15 is 0 Å². The summed E-state index contributed by atoms with van der Waals surface area (Å²) in [6.07, 6.45) is 4.27. The summed E-state index contributed by atoms with van der Waals surface area (Å²) in [5.41, 5.74) is 6.93. The van der Waals surface area contributed by atoms with Crippen molar-refractivity contribution in [3.8, 4) is 0 Å². The Morgan fingerprint density at radius 1 is 1.32 bits per heavy atom. The van der Waals surface area contributed by atoms with Crippen LogP contribution in [0.15, 0.2) is 18.2 Å². The second-order valence-electron chi connectivity index (χ2n) is 6.27. The third-order valence-corrected chi connectivity index (χ3v) is 5.41. The summed E-state index contributed by atoms with van der Waals surface area (Å²) in [5, 5.41) is 1.22. The Kier molecular flexibility index (Phi) is 6.69. The topological polar surface area (TPSA) is 46.3 Å². The van der Waals surface area contributed by atoms with Gasteiger partial charge in [-0.25, -0.2) is 0 Å². The highest BCUT2D eigenvalue weighted by Crippen LogP contribution is 2.27. The van der Waals surface area contributed by atoms with Crippen molar-refractivity contribution in [3.05, 3.63) is 33.8 Å². The van der Waals surface area contributed by atoms with Crippen LogP contribution < -0.4 is 5.73 Å². The van der Waals surface area contributed by atoms with Crippen molar-refractivity contribution in [1.82, 2.24) is 4.90 Å². The highest BCUT2D eigenvalue weighted by Gasteiger charge is 2.27. The van der Waals surface area contributed by atoms with Crippen molar-refractivity contribution in [2.75, 3.05) is 19.6 Å². The molecule has 0 radical (unpaired) electrons. The Bertz CT molecular complexity index is 501. The normalized spacial score (nSPS) is 19.8. The average Bonchev–Trinajstić information content (AvgIpc) is 2.53. The Morgan fingerprint density at radius 3 is 2.55 bits per heavy atom. The van der Waals surface area contributed by atoms with Crippen molar-refractivity contribution in [1.29, 1.82) is 0 Å². The highest BCUT2D eigenvalue weighted by atomic mass is 35.5. The zero-order valence-electron chi connectivity index (χ0n) is 13.0. The molecule has 1 aliphatic rings. The number of carbonyl (C=O) groups excluding carboxylic acids is 1. The van der Waals surface area contributed by atoms with Gasteiger partial charge in [-0.3, -0.25) is 4.90 Å².